The van der Waals surface area contributed by atoms with Gasteiger partial charge in [0.05, 0.1) is 0 Å². The van der Waals surface area contributed by atoms with Crippen LogP contribution in [0.1, 0.15) is 13.8 Å². The van der Waals surface area contributed by atoms with E-state index in [1.165, 1.54) is 0 Å². The second-order valence-corrected chi connectivity index (χ2v) is 6.43. The fraction of sp³-hybridized carbons (Fsp3) is 1.00. The molecule has 0 spiro atoms. The van der Waals surface area contributed by atoms with Gasteiger partial charge in [0, 0.05) is 11.7 Å². The summed E-state index contributed by atoms with van der Waals surface area (Å²) in [4.78, 5) is 0. The molecule has 0 radical (unpaired) electrons. The Morgan fingerprint density at radius 3 is 2.25 bits per heavy atom. The zero-order valence-corrected chi connectivity index (χ0v) is 7.30. The van der Waals surface area contributed by atoms with E-state index in [9.17, 15) is 0 Å². The van der Waals surface area contributed by atoms with Gasteiger partial charge in [0.15, 0.2) is 0 Å². The Kier molecular flexibility index (Phi) is 5.03. The van der Waals surface area contributed by atoms with Gasteiger partial charge in [0.2, 0.25) is 0 Å². The fourth-order valence-corrected chi connectivity index (χ4v) is 2.74. The van der Waals surface area contributed by atoms with E-state index in [4.69, 9.17) is 4.55 Å². The second kappa shape index (κ2) is 4.60. The highest BCUT2D eigenvalue weighted by molar-refractivity contribution is 8.52. The molecule has 1 atom stereocenters. The molecule has 0 saturated carbocycles. The van der Waals surface area contributed by atoms with E-state index >= 15 is 0 Å². The predicted molar refractivity (Wildman–Crippen MR) is 42.8 cm³/mol. The SMILES string of the molecule is CC(C)CP(C)SO. The van der Waals surface area contributed by atoms with Crippen molar-refractivity contribution in [2.24, 2.45) is 5.92 Å². The minimum atomic E-state index is -0.146. The summed E-state index contributed by atoms with van der Waals surface area (Å²) >= 11 is 1.02. The molecule has 1 N–H and O–H groups in total. The normalized spacial score (nSPS) is 14.6. The van der Waals surface area contributed by atoms with Crippen LogP contribution in [0.15, 0.2) is 0 Å². The summed E-state index contributed by atoms with van der Waals surface area (Å²) in [6.45, 7) is 6.45. The fourth-order valence-electron chi connectivity index (χ4n) is 0.548. The van der Waals surface area contributed by atoms with E-state index in [2.05, 4.69) is 20.5 Å². The average molecular weight is 152 g/mol. The Morgan fingerprint density at radius 2 is 2.12 bits per heavy atom. The number of hydrogen-bond acceptors (Lipinski definition) is 2. The monoisotopic (exact) mass is 152 g/mol. The standard InChI is InChI=1S/C5H13OPS/c1-5(2)4-7(3)8-6/h5-6H,4H2,1-3H3. The summed E-state index contributed by atoms with van der Waals surface area (Å²) in [5.74, 6) is 0.728. The lowest BCUT2D eigenvalue weighted by molar-refractivity contribution is 0.674. The molecule has 0 saturated heterocycles. The van der Waals surface area contributed by atoms with Crippen LogP contribution in [0.3, 0.4) is 0 Å². The van der Waals surface area contributed by atoms with E-state index in [1.807, 2.05) is 0 Å². The molecule has 0 fully saturated rings. The third kappa shape index (κ3) is 4.89. The largest absolute Gasteiger partial charge is 0.326 e. The summed E-state index contributed by atoms with van der Waals surface area (Å²) in [6.07, 6.45) is 1.16. The molecule has 0 aromatic rings. The van der Waals surface area contributed by atoms with Gasteiger partial charge >= 0.3 is 0 Å². The first-order valence-electron chi connectivity index (χ1n) is 2.69. The summed E-state index contributed by atoms with van der Waals surface area (Å²) in [7, 11) is -0.146. The van der Waals surface area contributed by atoms with Crippen LogP contribution >= 0.6 is 18.8 Å². The molecule has 0 aromatic carbocycles. The highest BCUT2D eigenvalue weighted by Gasteiger charge is 2.01. The zero-order chi connectivity index (χ0) is 6.57. The Hall–Kier alpha value is 0.740. The Morgan fingerprint density at radius 1 is 1.62 bits per heavy atom. The molecule has 0 heterocycles. The predicted octanol–water partition coefficient (Wildman–Crippen LogP) is 2.88. The van der Waals surface area contributed by atoms with Crippen LogP contribution < -0.4 is 0 Å². The molecule has 0 aliphatic carbocycles. The van der Waals surface area contributed by atoms with E-state index in [0.717, 1.165) is 23.7 Å². The summed E-state index contributed by atoms with van der Waals surface area (Å²) in [5, 5.41) is 0. The lowest BCUT2D eigenvalue weighted by Gasteiger charge is -2.08. The van der Waals surface area contributed by atoms with E-state index in [-0.39, 0.29) is 7.12 Å². The maximum absolute atomic E-state index is 8.53. The van der Waals surface area contributed by atoms with Crippen LogP contribution in [0.25, 0.3) is 0 Å². The van der Waals surface area contributed by atoms with Crippen LogP contribution in [0.5, 0.6) is 0 Å². The highest BCUT2D eigenvalue weighted by atomic mass is 32.7. The molecule has 0 amide bonds. The third-order valence-electron chi connectivity index (χ3n) is 0.762. The minimum Gasteiger partial charge on any atom is -0.326 e. The average Bonchev–Trinajstić information content (AvgIpc) is 1.65. The molecule has 1 unspecified atom stereocenters. The van der Waals surface area contributed by atoms with Gasteiger partial charge in [-0.1, -0.05) is 13.8 Å². The van der Waals surface area contributed by atoms with Crippen molar-refractivity contribution in [3.8, 4) is 0 Å². The molecular formula is C5H13OPS. The summed E-state index contributed by atoms with van der Waals surface area (Å²) in [5.41, 5.74) is 0. The maximum atomic E-state index is 8.53. The number of hydrogen-bond donors (Lipinski definition) is 1. The number of rotatable bonds is 3. The molecule has 50 valence electrons. The van der Waals surface area contributed by atoms with Gasteiger partial charge in [-0.25, -0.2) is 0 Å². The van der Waals surface area contributed by atoms with Gasteiger partial charge in [-0.3, -0.25) is 0 Å². The van der Waals surface area contributed by atoms with Crippen molar-refractivity contribution >= 4 is 18.8 Å². The van der Waals surface area contributed by atoms with Crippen molar-refractivity contribution in [1.82, 2.24) is 0 Å². The molecule has 0 bridgehead atoms. The molecule has 3 heteroatoms. The first-order chi connectivity index (χ1) is 3.66. The van der Waals surface area contributed by atoms with Crippen LogP contribution in [0, 0.1) is 5.92 Å². The van der Waals surface area contributed by atoms with Gasteiger partial charge in [-0.05, 0) is 25.9 Å². The molecule has 8 heavy (non-hydrogen) atoms. The van der Waals surface area contributed by atoms with E-state index in [0.29, 0.717) is 0 Å². The van der Waals surface area contributed by atoms with Crippen LogP contribution in [-0.2, 0) is 0 Å². The van der Waals surface area contributed by atoms with Crippen molar-refractivity contribution in [2.45, 2.75) is 13.8 Å². The Balaban J connectivity index is 3.10. The van der Waals surface area contributed by atoms with Gasteiger partial charge in [-0.2, -0.15) is 0 Å². The molecule has 0 aromatic heterocycles. The third-order valence-corrected chi connectivity index (χ3v) is 3.57. The van der Waals surface area contributed by atoms with Crippen molar-refractivity contribution in [1.29, 1.82) is 0 Å². The lowest BCUT2D eigenvalue weighted by Crippen LogP contribution is -1.90. The van der Waals surface area contributed by atoms with E-state index < -0.39 is 0 Å². The van der Waals surface area contributed by atoms with Gasteiger partial charge in [0.25, 0.3) is 0 Å². The van der Waals surface area contributed by atoms with Crippen LogP contribution in [-0.4, -0.2) is 17.4 Å². The first-order valence-corrected chi connectivity index (χ1v) is 6.04. The van der Waals surface area contributed by atoms with Crippen molar-refractivity contribution in [3.63, 3.8) is 0 Å². The lowest BCUT2D eigenvalue weighted by atomic mass is 10.3. The zero-order valence-electron chi connectivity index (χ0n) is 5.59. The van der Waals surface area contributed by atoms with Crippen molar-refractivity contribution in [3.05, 3.63) is 0 Å². The summed E-state index contributed by atoms with van der Waals surface area (Å²) in [6, 6.07) is 0. The Labute approximate surface area is 56.6 Å². The smallest absolute Gasteiger partial charge is 0.0134 e. The molecule has 0 aliphatic heterocycles. The quantitative estimate of drug-likeness (QED) is 0.495. The molecule has 0 aliphatic rings. The topological polar surface area (TPSA) is 20.2 Å². The highest BCUT2D eigenvalue weighted by Crippen LogP contribution is 2.44. The van der Waals surface area contributed by atoms with Crippen LogP contribution in [0.4, 0.5) is 0 Å². The Bertz CT molecular complexity index is 58.4. The molecule has 0 rings (SSSR count). The van der Waals surface area contributed by atoms with Gasteiger partial charge in [-0.15, -0.1) is 0 Å². The van der Waals surface area contributed by atoms with Crippen LogP contribution in [0.2, 0.25) is 0 Å². The van der Waals surface area contributed by atoms with Gasteiger partial charge in [0.1, 0.15) is 0 Å². The van der Waals surface area contributed by atoms with Crippen molar-refractivity contribution in [2.75, 3.05) is 12.8 Å². The minimum absolute atomic E-state index is 0.146. The van der Waals surface area contributed by atoms with Gasteiger partial charge < -0.3 is 4.55 Å². The van der Waals surface area contributed by atoms with Crippen molar-refractivity contribution < 1.29 is 4.55 Å². The second-order valence-electron chi connectivity index (χ2n) is 2.29. The maximum Gasteiger partial charge on any atom is 0.0134 e. The van der Waals surface area contributed by atoms with E-state index in [1.54, 1.807) is 0 Å². The first kappa shape index (κ1) is 8.74. The molecular weight excluding hydrogens is 139 g/mol. The molecule has 1 nitrogen and oxygen atoms in total. The summed E-state index contributed by atoms with van der Waals surface area (Å²) < 4.78 is 8.53.